The minimum atomic E-state index is -4.75. The second-order valence-corrected chi connectivity index (χ2v) is 5.83. The topological polar surface area (TPSA) is 79.1 Å². The van der Waals surface area contributed by atoms with Crippen LogP contribution in [-0.2, 0) is 9.09 Å². The van der Waals surface area contributed by atoms with Crippen molar-refractivity contribution in [1.29, 1.82) is 0 Å². The molecule has 0 amide bonds. The molecule has 0 aromatic rings. The van der Waals surface area contributed by atoms with E-state index in [-0.39, 0.29) is 6.42 Å². The summed E-state index contributed by atoms with van der Waals surface area (Å²) in [6.45, 7) is 0. The van der Waals surface area contributed by atoms with Crippen molar-refractivity contribution in [2.45, 2.75) is 31.5 Å². The summed E-state index contributed by atoms with van der Waals surface area (Å²) < 4.78 is 65.3. The van der Waals surface area contributed by atoms with Crippen LogP contribution in [0.3, 0.4) is 0 Å². The van der Waals surface area contributed by atoms with Crippen molar-refractivity contribution >= 4 is 31.8 Å². The van der Waals surface area contributed by atoms with Crippen molar-refractivity contribution in [1.82, 2.24) is 0 Å². The molecule has 0 spiro atoms. The van der Waals surface area contributed by atoms with Gasteiger partial charge in [0, 0.05) is 11.8 Å². The maximum Gasteiger partial charge on any atom is 0.525 e. The Morgan fingerprint density at radius 2 is 2.10 bits per heavy atom. The summed E-state index contributed by atoms with van der Waals surface area (Å²) in [7, 11) is -4.75. The fourth-order valence-electron chi connectivity index (χ4n) is 1.93. The molecule has 0 saturated carbocycles. The molecule has 0 saturated heterocycles. The van der Waals surface area contributed by atoms with Gasteiger partial charge >= 0.3 is 14.0 Å². The van der Waals surface area contributed by atoms with Crippen molar-refractivity contribution < 1.29 is 36.4 Å². The van der Waals surface area contributed by atoms with E-state index < -0.39 is 50.2 Å². The van der Waals surface area contributed by atoms with E-state index in [2.05, 4.69) is 21.7 Å². The van der Waals surface area contributed by atoms with Crippen LogP contribution in [-0.4, -0.2) is 33.8 Å². The SMILES string of the molecule is O=P(O)(O)OC=NC(C=S)C1CCC(C(F)(F)F)=C(F)C1. The quantitative estimate of drug-likeness (QED) is 0.262. The number of phosphoric ester groups is 1. The van der Waals surface area contributed by atoms with Crippen LogP contribution < -0.4 is 0 Å². The average molecular weight is 349 g/mol. The van der Waals surface area contributed by atoms with E-state index in [1.54, 1.807) is 0 Å². The van der Waals surface area contributed by atoms with Gasteiger partial charge in [0.25, 0.3) is 0 Å². The zero-order chi connectivity index (χ0) is 16.3. The fourth-order valence-corrected chi connectivity index (χ4v) is 2.40. The van der Waals surface area contributed by atoms with Crippen LogP contribution in [0.5, 0.6) is 0 Å². The lowest BCUT2D eigenvalue weighted by molar-refractivity contribution is -0.0980. The second-order valence-electron chi connectivity index (χ2n) is 4.36. The zero-order valence-electron chi connectivity index (χ0n) is 10.5. The number of phosphoric acid groups is 1. The average Bonchev–Trinajstić information content (AvgIpc) is 2.31. The third kappa shape index (κ3) is 5.82. The Hall–Kier alpha value is -0.830. The number of rotatable bonds is 5. The molecule has 0 radical (unpaired) electrons. The molecule has 1 aliphatic carbocycles. The number of allylic oxidation sites excluding steroid dienone is 2. The van der Waals surface area contributed by atoms with Gasteiger partial charge < -0.3 is 4.52 Å². The Bertz CT molecular complexity index is 502. The molecule has 11 heteroatoms. The normalized spacial score (nSPS) is 22.5. The van der Waals surface area contributed by atoms with Crippen LogP contribution >= 0.6 is 20.0 Å². The van der Waals surface area contributed by atoms with Gasteiger partial charge in [-0.25, -0.2) is 13.9 Å². The molecular weight excluding hydrogens is 337 g/mol. The number of nitrogens with zero attached hydrogens (tertiary/aromatic N) is 1. The highest BCUT2D eigenvalue weighted by molar-refractivity contribution is 7.79. The fraction of sp³-hybridized carbons (Fsp3) is 0.600. The van der Waals surface area contributed by atoms with Gasteiger partial charge in [0.2, 0.25) is 0 Å². The molecule has 1 rings (SSSR count). The largest absolute Gasteiger partial charge is 0.525 e. The molecule has 0 aliphatic heterocycles. The summed E-state index contributed by atoms with van der Waals surface area (Å²) in [4.78, 5) is 20.5. The van der Waals surface area contributed by atoms with Crippen LogP contribution in [0, 0.1) is 5.92 Å². The van der Waals surface area contributed by atoms with E-state index in [0.717, 1.165) is 5.37 Å². The molecule has 2 atom stereocenters. The zero-order valence-corrected chi connectivity index (χ0v) is 12.2. The van der Waals surface area contributed by atoms with Crippen molar-refractivity contribution in [2.24, 2.45) is 10.9 Å². The summed E-state index contributed by atoms with van der Waals surface area (Å²) >= 11 is 4.65. The molecule has 1 aliphatic rings. The van der Waals surface area contributed by atoms with Crippen LogP contribution in [0.15, 0.2) is 16.4 Å². The maximum absolute atomic E-state index is 13.5. The number of alkyl halides is 3. The Morgan fingerprint density at radius 1 is 1.48 bits per heavy atom. The molecule has 21 heavy (non-hydrogen) atoms. The molecule has 0 aromatic heterocycles. The number of thiocarbonyl (C=S) groups is 1. The predicted molar refractivity (Wildman–Crippen MR) is 70.6 cm³/mol. The third-order valence-electron chi connectivity index (χ3n) is 2.92. The smallest absolute Gasteiger partial charge is 0.393 e. The van der Waals surface area contributed by atoms with Crippen molar-refractivity contribution in [3.8, 4) is 0 Å². The summed E-state index contributed by atoms with van der Waals surface area (Å²) in [6.07, 6.45) is -5.19. The Balaban J connectivity index is 2.76. The van der Waals surface area contributed by atoms with E-state index in [1.807, 2.05) is 0 Å². The molecule has 2 unspecified atom stereocenters. The molecule has 0 bridgehead atoms. The maximum atomic E-state index is 13.5. The van der Waals surface area contributed by atoms with Gasteiger partial charge in [-0.3, -0.25) is 9.79 Å². The molecule has 2 N–H and O–H groups in total. The monoisotopic (exact) mass is 349 g/mol. The highest BCUT2D eigenvalue weighted by atomic mass is 32.1. The minimum Gasteiger partial charge on any atom is -0.393 e. The van der Waals surface area contributed by atoms with E-state index in [4.69, 9.17) is 9.79 Å². The molecular formula is C10H12F4NO4PS. The van der Waals surface area contributed by atoms with E-state index in [9.17, 15) is 22.1 Å². The van der Waals surface area contributed by atoms with E-state index in [1.165, 1.54) is 0 Å². The van der Waals surface area contributed by atoms with Gasteiger partial charge in [-0.1, -0.05) is 12.2 Å². The summed E-state index contributed by atoms with van der Waals surface area (Å²) in [6, 6.07) is -0.868. The summed E-state index contributed by atoms with van der Waals surface area (Å²) in [5, 5.41) is 1.09. The van der Waals surface area contributed by atoms with Crippen molar-refractivity contribution in [3.05, 3.63) is 11.4 Å². The Morgan fingerprint density at radius 3 is 2.52 bits per heavy atom. The van der Waals surface area contributed by atoms with Gasteiger partial charge in [-0.2, -0.15) is 13.2 Å². The van der Waals surface area contributed by atoms with Gasteiger partial charge in [-0.05, 0) is 18.8 Å². The number of hydrogen-bond donors (Lipinski definition) is 2. The molecule has 0 heterocycles. The Labute approximate surface area is 122 Å². The first-order valence-electron chi connectivity index (χ1n) is 5.70. The van der Waals surface area contributed by atoms with Crippen LogP contribution in [0.4, 0.5) is 17.6 Å². The predicted octanol–water partition coefficient (Wildman–Crippen LogP) is 3.08. The standard InChI is InChI=1S/C10H12F4NO4PS/c11-8-3-6(1-2-7(8)10(12,13)14)9(4-21)15-5-19-20(16,17)18/h4-6,9H,1-3H2,(H2,16,17,18). The lowest BCUT2D eigenvalue weighted by Gasteiger charge is -2.27. The first kappa shape index (κ1) is 18.2. The van der Waals surface area contributed by atoms with E-state index in [0.29, 0.717) is 6.40 Å². The van der Waals surface area contributed by atoms with Gasteiger partial charge in [0.15, 0.2) is 6.40 Å². The number of halogens is 4. The number of aliphatic imine (C=N–C) groups is 1. The van der Waals surface area contributed by atoms with E-state index >= 15 is 0 Å². The van der Waals surface area contributed by atoms with Crippen LogP contribution in [0.1, 0.15) is 19.3 Å². The molecule has 5 nitrogen and oxygen atoms in total. The molecule has 0 fully saturated rings. The highest BCUT2D eigenvalue weighted by Gasteiger charge is 2.40. The van der Waals surface area contributed by atoms with Crippen molar-refractivity contribution in [2.75, 3.05) is 0 Å². The number of hydrogen-bond acceptors (Lipinski definition) is 4. The van der Waals surface area contributed by atoms with Crippen LogP contribution in [0.2, 0.25) is 0 Å². The van der Waals surface area contributed by atoms with Gasteiger partial charge in [0.1, 0.15) is 5.83 Å². The highest BCUT2D eigenvalue weighted by Crippen LogP contribution is 2.41. The summed E-state index contributed by atoms with van der Waals surface area (Å²) in [5.74, 6) is -1.88. The molecule has 0 aromatic carbocycles. The van der Waals surface area contributed by atoms with Crippen molar-refractivity contribution in [3.63, 3.8) is 0 Å². The Kier molecular flexibility index (Phi) is 6.03. The van der Waals surface area contributed by atoms with Gasteiger partial charge in [0.05, 0.1) is 11.6 Å². The lowest BCUT2D eigenvalue weighted by atomic mass is 9.84. The second kappa shape index (κ2) is 6.95. The molecule has 120 valence electrons. The summed E-state index contributed by atoms with van der Waals surface area (Å²) in [5.41, 5.74) is -1.18. The minimum absolute atomic E-state index is 0.00726. The lowest BCUT2D eigenvalue weighted by Crippen LogP contribution is -2.26. The first-order valence-corrected chi connectivity index (χ1v) is 7.70. The van der Waals surface area contributed by atoms with Crippen LogP contribution in [0.25, 0.3) is 0 Å². The van der Waals surface area contributed by atoms with Gasteiger partial charge in [-0.15, -0.1) is 0 Å². The third-order valence-corrected chi connectivity index (χ3v) is 3.56. The first-order chi connectivity index (χ1) is 9.54.